The van der Waals surface area contributed by atoms with Crippen LogP contribution < -0.4 is 0 Å². The molecule has 0 saturated carbocycles. The first-order valence-corrected chi connectivity index (χ1v) is 8.20. The summed E-state index contributed by atoms with van der Waals surface area (Å²) in [4.78, 5) is 31.9. The molecule has 0 saturated heterocycles. The van der Waals surface area contributed by atoms with E-state index in [2.05, 4.69) is 16.7 Å². The van der Waals surface area contributed by atoms with Crippen molar-refractivity contribution in [1.82, 2.24) is 24.6 Å². The molecule has 3 heterocycles. The summed E-state index contributed by atoms with van der Waals surface area (Å²) in [6, 6.07) is 5.55. The lowest BCUT2D eigenvalue weighted by molar-refractivity contribution is -0.130. The van der Waals surface area contributed by atoms with E-state index in [1.807, 2.05) is 16.8 Å². The Kier molecular flexibility index (Phi) is 4.92. The first kappa shape index (κ1) is 16.9. The van der Waals surface area contributed by atoms with E-state index in [-0.39, 0.29) is 11.8 Å². The van der Waals surface area contributed by atoms with Crippen LogP contribution >= 0.6 is 0 Å². The standard InChI is InChI=1S/C18H21N5O2/c1-3-7-22(12-15-5-4-6-19-11-15)18(25)17-10-16-13-21(14(2)24)8-9-23(16)20-17/h3-6,10-11H,1,7-9,12-13H2,2H3. The summed E-state index contributed by atoms with van der Waals surface area (Å²) in [7, 11) is 0. The van der Waals surface area contributed by atoms with Crippen LogP contribution in [0.3, 0.4) is 0 Å². The number of hydrogen-bond acceptors (Lipinski definition) is 4. The van der Waals surface area contributed by atoms with Gasteiger partial charge in [0.25, 0.3) is 5.91 Å². The zero-order chi connectivity index (χ0) is 17.8. The maximum absolute atomic E-state index is 12.9. The summed E-state index contributed by atoms with van der Waals surface area (Å²) in [6.07, 6.45) is 5.14. The van der Waals surface area contributed by atoms with Crippen LogP contribution in [0, 0.1) is 0 Å². The van der Waals surface area contributed by atoms with Gasteiger partial charge in [-0.05, 0) is 17.7 Å². The SMILES string of the molecule is C=CCN(Cc1cccnc1)C(=O)c1cc2n(n1)CCN(C(C)=O)C2. The third kappa shape index (κ3) is 3.76. The van der Waals surface area contributed by atoms with E-state index < -0.39 is 0 Å². The molecule has 0 unspecified atom stereocenters. The number of hydrogen-bond donors (Lipinski definition) is 0. The normalized spacial score (nSPS) is 13.2. The number of carbonyl (C=O) groups is 2. The monoisotopic (exact) mass is 339 g/mol. The van der Waals surface area contributed by atoms with Crippen LogP contribution in [0.25, 0.3) is 0 Å². The van der Waals surface area contributed by atoms with Crippen molar-refractivity contribution in [3.63, 3.8) is 0 Å². The second-order valence-electron chi connectivity index (χ2n) is 6.02. The molecule has 2 aromatic rings. The highest BCUT2D eigenvalue weighted by Crippen LogP contribution is 2.16. The number of carbonyl (C=O) groups excluding carboxylic acids is 2. The topological polar surface area (TPSA) is 71.3 Å². The molecule has 1 aliphatic heterocycles. The Balaban J connectivity index is 1.79. The van der Waals surface area contributed by atoms with Crippen LogP contribution in [0.2, 0.25) is 0 Å². The van der Waals surface area contributed by atoms with Gasteiger partial charge >= 0.3 is 0 Å². The third-order valence-electron chi connectivity index (χ3n) is 4.20. The summed E-state index contributed by atoms with van der Waals surface area (Å²) in [5.41, 5.74) is 2.22. The fourth-order valence-electron chi connectivity index (χ4n) is 2.89. The van der Waals surface area contributed by atoms with E-state index in [9.17, 15) is 9.59 Å². The predicted molar refractivity (Wildman–Crippen MR) is 92.5 cm³/mol. The minimum atomic E-state index is -0.153. The van der Waals surface area contributed by atoms with Gasteiger partial charge in [-0.3, -0.25) is 19.3 Å². The molecule has 0 aromatic carbocycles. The van der Waals surface area contributed by atoms with Gasteiger partial charge in [0.15, 0.2) is 5.69 Å². The molecular formula is C18H21N5O2. The van der Waals surface area contributed by atoms with Crippen molar-refractivity contribution in [2.75, 3.05) is 13.1 Å². The maximum Gasteiger partial charge on any atom is 0.274 e. The Bertz CT molecular complexity index is 784. The van der Waals surface area contributed by atoms with Gasteiger partial charge in [-0.1, -0.05) is 12.1 Å². The van der Waals surface area contributed by atoms with Gasteiger partial charge in [0.05, 0.1) is 18.8 Å². The molecule has 25 heavy (non-hydrogen) atoms. The highest BCUT2D eigenvalue weighted by Gasteiger charge is 2.24. The minimum absolute atomic E-state index is 0.0326. The molecule has 0 spiro atoms. The van der Waals surface area contributed by atoms with Crippen molar-refractivity contribution in [3.05, 3.63) is 60.2 Å². The molecule has 0 atom stereocenters. The first-order valence-electron chi connectivity index (χ1n) is 8.20. The fraction of sp³-hybridized carbons (Fsp3) is 0.333. The van der Waals surface area contributed by atoms with Crippen molar-refractivity contribution in [2.45, 2.75) is 26.6 Å². The summed E-state index contributed by atoms with van der Waals surface area (Å²) in [5, 5.41) is 4.43. The van der Waals surface area contributed by atoms with Gasteiger partial charge in [0.1, 0.15) is 0 Å². The van der Waals surface area contributed by atoms with Crippen LogP contribution in [0.5, 0.6) is 0 Å². The third-order valence-corrected chi connectivity index (χ3v) is 4.20. The summed E-state index contributed by atoms with van der Waals surface area (Å²) in [5.74, 6) is -0.120. The Hall–Kier alpha value is -2.96. The molecule has 2 amide bonds. The predicted octanol–water partition coefficient (Wildman–Crippen LogP) is 1.47. The quantitative estimate of drug-likeness (QED) is 0.774. The largest absolute Gasteiger partial charge is 0.335 e. The second-order valence-corrected chi connectivity index (χ2v) is 6.02. The minimum Gasteiger partial charge on any atom is -0.335 e. The molecule has 7 nitrogen and oxygen atoms in total. The molecule has 0 N–H and O–H groups in total. The number of pyridine rings is 1. The number of nitrogens with zero attached hydrogens (tertiary/aromatic N) is 5. The second kappa shape index (κ2) is 7.29. The molecule has 7 heteroatoms. The Morgan fingerprint density at radius 2 is 2.24 bits per heavy atom. The Morgan fingerprint density at radius 3 is 2.92 bits per heavy atom. The van der Waals surface area contributed by atoms with E-state index in [0.717, 1.165) is 11.3 Å². The lowest BCUT2D eigenvalue weighted by atomic mass is 10.2. The van der Waals surface area contributed by atoms with Gasteiger partial charge in [0.2, 0.25) is 5.91 Å². The van der Waals surface area contributed by atoms with E-state index in [1.165, 1.54) is 0 Å². The van der Waals surface area contributed by atoms with E-state index in [4.69, 9.17) is 0 Å². The first-order chi connectivity index (χ1) is 12.1. The van der Waals surface area contributed by atoms with Crippen molar-refractivity contribution in [2.24, 2.45) is 0 Å². The van der Waals surface area contributed by atoms with Gasteiger partial charge < -0.3 is 9.80 Å². The lowest BCUT2D eigenvalue weighted by Crippen LogP contribution is -2.36. The van der Waals surface area contributed by atoms with Gasteiger partial charge in [-0.2, -0.15) is 5.10 Å². The van der Waals surface area contributed by atoms with E-state index >= 15 is 0 Å². The Morgan fingerprint density at radius 1 is 1.40 bits per heavy atom. The average molecular weight is 339 g/mol. The van der Waals surface area contributed by atoms with Gasteiger partial charge in [0, 0.05) is 39.0 Å². The van der Waals surface area contributed by atoms with Gasteiger partial charge in [-0.25, -0.2) is 0 Å². The molecule has 3 rings (SSSR count). The van der Waals surface area contributed by atoms with Gasteiger partial charge in [-0.15, -0.1) is 6.58 Å². The van der Waals surface area contributed by atoms with Crippen molar-refractivity contribution < 1.29 is 9.59 Å². The molecule has 0 aliphatic carbocycles. The van der Waals surface area contributed by atoms with E-state index in [0.29, 0.717) is 38.4 Å². The van der Waals surface area contributed by atoms with Crippen LogP contribution in [-0.4, -0.2) is 49.5 Å². The lowest BCUT2D eigenvalue weighted by Gasteiger charge is -2.26. The molecular weight excluding hydrogens is 318 g/mol. The Labute approximate surface area is 146 Å². The number of aromatic nitrogens is 3. The summed E-state index contributed by atoms with van der Waals surface area (Å²) < 4.78 is 1.81. The fourth-order valence-corrected chi connectivity index (χ4v) is 2.89. The molecule has 1 aliphatic rings. The number of fused-ring (bicyclic) bond motifs is 1. The zero-order valence-electron chi connectivity index (χ0n) is 14.3. The van der Waals surface area contributed by atoms with Crippen LogP contribution in [0.1, 0.15) is 28.7 Å². The molecule has 0 fully saturated rings. The van der Waals surface area contributed by atoms with Crippen molar-refractivity contribution in [1.29, 1.82) is 0 Å². The zero-order valence-corrected chi connectivity index (χ0v) is 14.3. The van der Waals surface area contributed by atoms with Crippen molar-refractivity contribution >= 4 is 11.8 Å². The summed E-state index contributed by atoms with van der Waals surface area (Å²) in [6.45, 7) is 7.86. The van der Waals surface area contributed by atoms with Crippen molar-refractivity contribution in [3.8, 4) is 0 Å². The molecule has 130 valence electrons. The molecule has 2 aromatic heterocycles. The molecule has 0 radical (unpaired) electrons. The number of rotatable bonds is 5. The highest BCUT2D eigenvalue weighted by atomic mass is 16.2. The number of amides is 2. The summed E-state index contributed by atoms with van der Waals surface area (Å²) >= 11 is 0. The highest BCUT2D eigenvalue weighted by molar-refractivity contribution is 5.92. The van der Waals surface area contributed by atoms with Crippen LogP contribution in [0.4, 0.5) is 0 Å². The average Bonchev–Trinajstić information content (AvgIpc) is 3.04. The maximum atomic E-state index is 12.9. The molecule has 0 bridgehead atoms. The van der Waals surface area contributed by atoms with Crippen LogP contribution in [-0.2, 0) is 24.4 Å². The smallest absolute Gasteiger partial charge is 0.274 e. The van der Waals surface area contributed by atoms with E-state index in [1.54, 1.807) is 41.3 Å². The van der Waals surface area contributed by atoms with Crippen LogP contribution in [0.15, 0.2) is 43.2 Å².